The van der Waals surface area contributed by atoms with E-state index in [9.17, 15) is 0 Å². The topological polar surface area (TPSA) is 0 Å². The second kappa shape index (κ2) is 4.73. The maximum atomic E-state index is 2.40. The Balaban J connectivity index is 2.30. The van der Waals surface area contributed by atoms with E-state index in [2.05, 4.69) is 90.2 Å². The van der Waals surface area contributed by atoms with Crippen molar-refractivity contribution in [1.29, 1.82) is 0 Å². The molecule has 0 aliphatic carbocycles. The minimum absolute atomic E-state index is 1.29. The van der Waals surface area contributed by atoms with Gasteiger partial charge in [-0.3, -0.25) is 0 Å². The molecule has 1 heteroatoms. The van der Waals surface area contributed by atoms with Crippen molar-refractivity contribution in [1.82, 2.24) is 0 Å². The smallest absolute Gasteiger partial charge is 0.0209 e. The fraction of sp³-hybridized carbons (Fsp3) is 0.0588. The molecule has 0 saturated carbocycles. The number of hydrogen-bond donors (Lipinski definition) is 0. The number of hydrogen-bond acceptors (Lipinski definition) is 0. The van der Waals surface area contributed by atoms with Gasteiger partial charge in [-0.2, -0.15) is 0 Å². The molecule has 0 amide bonds. The monoisotopic (exact) mass is 344 g/mol. The lowest BCUT2D eigenvalue weighted by Gasteiger charge is -2.08. The lowest BCUT2D eigenvalue weighted by molar-refractivity contribution is 1.47. The van der Waals surface area contributed by atoms with Crippen LogP contribution in [0.1, 0.15) is 5.56 Å². The summed E-state index contributed by atoms with van der Waals surface area (Å²) >= 11 is 2.40. The van der Waals surface area contributed by atoms with Gasteiger partial charge in [0.25, 0.3) is 0 Å². The van der Waals surface area contributed by atoms with Crippen LogP contribution in [0.5, 0.6) is 0 Å². The molecule has 0 aromatic heterocycles. The van der Waals surface area contributed by atoms with Crippen molar-refractivity contribution in [3.8, 4) is 11.1 Å². The average molecular weight is 344 g/mol. The highest BCUT2D eigenvalue weighted by molar-refractivity contribution is 14.1. The Morgan fingerprint density at radius 2 is 1.39 bits per heavy atom. The third-order valence-corrected chi connectivity index (χ3v) is 4.17. The van der Waals surface area contributed by atoms with Gasteiger partial charge in [-0.15, -0.1) is 0 Å². The van der Waals surface area contributed by atoms with Crippen LogP contribution in [0.2, 0.25) is 0 Å². The van der Waals surface area contributed by atoms with Crippen LogP contribution in [0, 0.1) is 10.5 Å². The Morgan fingerprint density at radius 3 is 2.11 bits per heavy atom. The van der Waals surface area contributed by atoms with Gasteiger partial charge in [0.05, 0.1) is 0 Å². The van der Waals surface area contributed by atoms with Gasteiger partial charge in [-0.05, 0) is 57.5 Å². The molecule has 3 rings (SSSR count). The van der Waals surface area contributed by atoms with Crippen LogP contribution >= 0.6 is 22.6 Å². The Kier molecular flexibility index (Phi) is 3.08. The zero-order valence-corrected chi connectivity index (χ0v) is 12.3. The third kappa shape index (κ3) is 2.03. The third-order valence-electron chi connectivity index (χ3n) is 3.23. The highest BCUT2D eigenvalue weighted by atomic mass is 127. The molecule has 0 heterocycles. The molecule has 0 nitrogen and oxygen atoms in total. The summed E-state index contributed by atoms with van der Waals surface area (Å²) in [4.78, 5) is 0. The first-order valence-electron chi connectivity index (χ1n) is 6.00. The average Bonchev–Trinajstić information content (AvgIpc) is 2.41. The Hall–Kier alpha value is -1.35. The molecular weight excluding hydrogens is 331 g/mol. The van der Waals surface area contributed by atoms with Crippen molar-refractivity contribution in [3.05, 3.63) is 69.8 Å². The summed E-state index contributed by atoms with van der Waals surface area (Å²) in [5.41, 5.74) is 3.90. The predicted molar refractivity (Wildman–Crippen MR) is 86.8 cm³/mol. The van der Waals surface area contributed by atoms with Crippen LogP contribution in [0.15, 0.2) is 60.7 Å². The van der Waals surface area contributed by atoms with E-state index in [1.54, 1.807) is 0 Å². The lowest BCUT2D eigenvalue weighted by atomic mass is 9.98. The SMILES string of the molecule is Cc1ccc(-c2ccc(I)c3ccccc23)cc1. The normalized spacial score (nSPS) is 10.8. The molecule has 0 spiro atoms. The van der Waals surface area contributed by atoms with E-state index in [0.29, 0.717) is 0 Å². The molecule has 0 fully saturated rings. The number of benzene rings is 3. The number of halogens is 1. The molecule has 0 aliphatic rings. The molecule has 88 valence electrons. The summed E-state index contributed by atoms with van der Waals surface area (Å²) in [5.74, 6) is 0. The van der Waals surface area contributed by atoms with Crippen molar-refractivity contribution in [3.63, 3.8) is 0 Å². The van der Waals surface area contributed by atoms with Crippen molar-refractivity contribution in [2.24, 2.45) is 0 Å². The first-order valence-corrected chi connectivity index (χ1v) is 7.08. The first-order chi connectivity index (χ1) is 8.75. The lowest BCUT2D eigenvalue weighted by Crippen LogP contribution is -1.84. The number of rotatable bonds is 1. The predicted octanol–water partition coefficient (Wildman–Crippen LogP) is 5.42. The standard InChI is InChI=1S/C17H13I/c1-12-6-8-13(9-7-12)14-10-11-17(18)16-5-3-2-4-15(14)16/h2-11H,1H3. The highest BCUT2D eigenvalue weighted by Gasteiger charge is 2.05. The number of aryl methyl sites for hydroxylation is 1. The molecule has 0 radical (unpaired) electrons. The molecular formula is C17H13I. The summed E-state index contributed by atoms with van der Waals surface area (Å²) in [6.07, 6.45) is 0. The first kappa shape index (κ1) is 11.7. The van der Waals surface area contributed by atoms with Crippen molar-refractivity contribution < 1.29 is 0 Å². The Bertz CT molecular complexity index is 696. The van der Waals surface area contributed by atoms with Gasteiger partial charge < -0.3 is 0 Å². The molecule has 0 unspecified atom stereocenters. The van der Waals surface area contributed by atoms with Gasteiger partial charge >= 0.3 is 0 Å². The number of fused-ring (bicyclic) bond motifs is 1. The van der Waals surface area contributed by atoms with Crippen LogP contribution in [0.4, 0.5) is 0 Å². The zero-order chi connectivity index (χ0) is 12.5. The van der Waals surface area contributed by atoms with Crippen LogP contribution in [-0.2, 0) is 0 Å². The van der Waals surface area contributed by atoms with E-state index >= 15 is 0 Å². The van der Waals surface area contributed by atoms with Gasteiger partial charge in [-0.1, -0.05) is 60.2 Å². The fourth-order valence-electron chi connectivity index (χ4n) is 2.25. The molecule has 0 saturated heterocycles. The molecule has 0 N–H and O–H groups in total. The van der Waals surface area contributed by atoms with E-state index in [0.717, 1.165) is 0 Å². The maximum Gasteiger partial charge on any atom is 0.0209 e. The molecule has 18 heavy (non-hydrogen) atoms. The summed E-state index contributed by atoms with van der Waals surface area (Å²) in [6, 6.07) is 21.7. The van der Waals surface area contributed by atoms with Gasteiger partial charge in [0, 0.05) is 3.57 Å². The van der Waals surface area contributed by atoms with Crippen molar-refractivity contribution in [2.45, 2.75) is 6.92 Å². The van der Waals surface area contributed by atoms with Gasteiger partial charge in [0.1, 0.15) is 0 Å². The Labute approximate surface area is 121 Å². The zero-order valence-electron chi connectivity index (χ0n) is 10.2. The van der Waals surface area contributed by atoms with Crippen LogP contribution < -0.4 is 0 Å². The molecule has 0 aliphatic heterocycles. The largest absolute Gasteiger partial charge is 0.0616 e. The summed E-state index contributed by atoms with van der Waals surface area (Å²) in [7, 11) is 0. The quantitative estimate of drug-likeness (QED) is 0.517. The fourth-order valence-corrected chi connectivity index (χ4v) is 2.90. The van der Waals surface area contributed by atoms with Crippen LogP contribution in [0.3, 0.4) is 0 Å². The van der Waals surface area contributed by atoms with Crippen molar-refractivity contribution >= 4 is 33.4 Å². The molecule has 3 aromatic carbocycles. The molecule has 0 atom stereocenters. The minimum atomic E-state index is 1.29. The van der Waals surface area contributed by atoms with Gasteiger partial charge in [-0.25, -0.2) is 0 Å². The van der Waals surface area contributed by atoms with Crippen LogP contribution in [-0.4, -0.2) is 0 Å². The van der Waals surface area contributed by atoms with E-state index < -0.39 is 0 Å². The summed E-state index contributed by atoms with van der Waals surface area (Å²) < 4.78 is 1.30. The summed E-state index contributed by atoms with van der Waals surface area (Å²) in [5, 5.41) is 2.66. The maximum absolute atomic E-state index is 2.40. The minimum Gasteiger partial charge on any atom is -0.0616 e. The van der Waals surface area contributed by atoms with E-state index in [1.165, 1.54) is 31.0 Å². The second-order valence-electron chi connectivity index (χ2n) is 4.51. The second-order valence-corrected chi connectivity index (χ2v) is 5.67. The highest BCUT2D eigenvalue weighted by Crippen LogP contribution is 2.31. The van der Waals surface area contributed by atoms with E-state index in [4.69, 9.17) is 0 Å². The Morgan fingerprint density at radius 1 is 0.722 bits per heavy atom. The van der Waals surface area contributed by atoms with Gasteiger partial charge in [0.15, 0.2) is 0 Å². The molecule has 0 bridgehead atoms. The summed E-state index contributed by atoms with van der Waals surface area (Å²) in [6.45, 7) is 2.12. The van der Waals surface area contributed by atoms with Gasteiger partial charge in [0.2, 0.25) is 0 Å². The van der Waals surface area contributed by atoms with E-state index in [1.807, 2.05) is 0 Å². The van der Waals surface area contributed by atoms with Crippen molar-refractivity contribution in [2.75, 3.05) is 0 Å². The van der Waals surface area contributed by atoms with Crippen LogP contribution in [0.25, 0.3) is 21.9 Å². The van der Waals surface area contributed by atoms with E-state index in [-0.39, 0.29) is 0 Å². The molecule has 3 aromatic rings.